The predicted molar refractivity (Wildman–Crippen MR) is 128 cm³/mol. The Bertz CT molecular complexity index is 1330. The van der Waals surface area contributed by atoms with E-state index in [0.29, 0.717) is 49.1 Å². The first-order valence-electron chi connectivity index (χ1n) is 11.8. The SMILES string of the molecule is O=C([C@H]1CCCN(S(=O)(=O)c2cc(-c3noc(C4CCC4)n3)cs2)C1)N1CCc2ccccc21. The van der Waals surface area contributed by atoms with Crippen LogP contribution in [0.3, 0.4) is 0 Å². The van der Waals surface area contributed by atoms with Crippen molar-refractivity contribution in [1.82, 2.24) is 14.4 Å². The topological polar surface area (TPSA) is 96.6 Å². The molecule has 34 heavy (non-hydrogen) atoms. The highest BCUT2D eigenvalue weighted by Crippen LogP contribution is 2.37. The zero-order valence-corrected chi connectivity index (χ0v) is 20.4. The average Bonchev–Trinajstić information content (AvgIpc) is 3.57. The Morgan fingerprint density at radius 2 is 1.97 bits per heavy atom. The molecular formula is C24H26N4O4S2. The van der Waals surface area contributed by atoms with Gasteiger partial charge in [-0.25, -0.2) is 8.42 Å². The number of aromatic nitrogens is 2. The summed E-state index contributed by atoms with van der Waals surface area (Å²) in [6, 6.07) is 9.57. The highest BCUT2D eigenvalue weighted by atomic mass is 32.2. The third-order valence-corrected chi connectivity index (χ3v) is 10.5. The molecule has 0 bridgehead atoms. The maximum atomic E-state index is 13.4. The van der Waals surface area contributed by atoms with Crippen molar-refractivity contribution >= 4 is 33.0 Å². The van der Waals surface area contributed by atoms with Gasteiger partial charge in [0.05, 0.1) is 5.92 Å². The number of para-hydroxylation sites is 1. The van der Waals surface area contributed by atoms with Crippen LogP contribution in [0.5, 0.6) is 0 Å². The van der Waals surface area contributed by atoms with Gasteiger partial charge in [0.1, 0.15) is 4.21 Å². The lowest BCUT2D eigenvalue weighted by molar-refractivity contribution is -0.123. The Hall–Kier alpha value is -2.56. The Labute approximate surface area is 202 Å². The molecule has 178 valence electrons. The molecule has 2 aliphatic heterocycles. The van der Waals surface area contributed by atoms with Crippen molar-refractivity contribution in [3.63, 3.8) is 0 Å². The van der Waals surface area contributed by atoms with Crippen molar-refractivity contribution in [2.75, 3.05) is 24.5 Å². The van der Waals surface area contributed by atoms with Crippen LogP contribution in [-0.4, -0.2) is 48.4 Å². The van der Waals surface area contributed by atoms with Gasteiger partial charge in [-0.1, -0.05) is 29.8 Å². The minimum Gasteiger partial charge on any atom is -0.339 e. The molecule has 10 heteroatoms. The molecular weight excluding hydrogens is 472 g/mol. The minimum absolute atomic E-state index is 0.0204. The zero-order chi connectivity index (χ0) is 23.3. The van der Waals surface area contributed by atoms with Crippen LogP contribution >= 0.6 is 11.3 Å². The van der Waals surface area contributed by atoms with Crippen LogP contribution in [0.1, 0.15) is 49.5 Å². The smallest absolute Gasteiger partial charge is 0.252 e. The van der Waals surface area contributed by atoms with E-state index in [4.69, 9.17) is 4.52 Å². The van der Waals surface area contributed by atoms with Gasteiger partial charge in [-0.2, -0.15) is 9.29 Å². The highest BCUT2D eigenvalue weighted by molar-refractivity contribution is 7.91. The third kappa shape index (κ3) is 3.77. The number of sulfonamides is 1. The largest absolute Gasteiger partial charge is 0.339 e. The van der Waals surface area contributed by atoms with Crippen LogP contribution in [0, 0.1) is 5.92 Å². The zero-order valence-electron chi connectivity index (χ0n) is 18.7. The summed E-state index contributed by atoms with van der Waals surface area (Å²) in [5.74, 6) is 1.08. The van der Waals surface area contributed by atoms with E-state index in [-0.39, 0.29) is 22.6 Å². The normalized spacial score (nSPS) is 21.4. The van der Waals surface area contributed by atoms with E-state index in [2.05, 4.69) is 10.1 Å². The van der Waals surface area contributed by atoms with Gasteiger partial charge in [-0.05, 0) is 49.8 Å². The fraction of sp³-hybridized carbons (Fsp3) is 0.458. The lowest BCUT2D eigenvalue weighted by Crippen LogP contribution is -2.46. The molecule has 1 saturated heterocycles. The number of anilines is 1. The molecule has 1 amide bonds. The van der Waals surface area contributed by atoms with E-state index in [1.807, 2.05) is 29.2 Å². The molecule has 4 heterocycles. The van der Waals surface area contributed by atoms with Gasteiger partial charge < -0.3 is 9.42 Å². The molecule has 0 unspecified atom stereocenters. The Morgan fingerprint density at radius 3 is 2.79 bits per heavy atom. The fourth-order valence-electron chi connectivity index (χ4n) is 5.02. The first-order chi connectivity index (χ1) is 16.5. The second kappa shape index (κ2) is 8.58. The summed E-state index contributed by atoms with van der Waals surface area (Å²) in [5, 5.41) is 5.82. The van der Waals surface area contributed by atoms with Crippen LogP contribution in [0.25, 0.3) is 11.4 Å². The van der Waals surface area contributed by atoms with E-state index in [0.717, 1.165) is 36.3 Å². The lowest BCUT2D eigenvalue weighted by atomic mass is 9.85. The van der Waals surface area contributed by atoms with Crippen molar-refractivity contribution in [3.8, 4) is 11.4 Å². The molecule has 2 fully saturated rings. The summed E-state index contributed by atoms with van der Waals surface area (Å²) in [5.41, 5.74) is 2.78. The molecule has 8 nitrogen and oxygen atoms in total. The van der Waals surface area contributed by atoms with Crippen molar-refractivity contribution in [1.29, 1.82) is 0 Å². The van der Waals surface area contributed by atoms with E-state index in [9.17, 15) is 13.2 Å². The van der Waals surface area contributed by atoms with Crippen LogP contribution in [0.4, 0.5) is 5.69 Å². The molecule has 3 aliphatic rings. The number of fused-ring (bicyclic) bond motifs is 1. The number of piperidine rings is 1. The fourth-order valence-corrected chi connectivity index (χ4v) is 7.85. The summed E-state index contributed by atoms with van der Waals surface area (Å²) < 4.78 is 34.0. The van der Waals surface area contributed by atoms with Gasteiger partial charge in [-0.3, -0.25) is 4.79 Å². The van der Waals surface area contributed by atoms with Crippen LogP contribution in [0.2, 0.25) is 0 Å². The standard InChI is InChI=1S/C24H26N4O4S2/c29-24(28-12-10-16-5-1-2-9-20(16)28)18-8-4-11-27(14-18)34(30,31)21-13-19(15-33-21)22-25-23(32-26-22)17-6-3-7-17/h1-2,5,9,13,15,17-18H,3-4,6-8,10-12,14H2/t18-/m0/s1. The Balaban J connectivity index is 1.18. The lowest BCUT2D eigenvalue weighted by Gasteiger charge is -2.33. The van der Waals surface area contributed by atoms with Gasteiger partial charge in [0, 0.05) is 42.2 Å². The number of hydrogen-bond acceptors (Lipinski definition) is 7. The Kier molecular flexibility index (Phi) is 5.54. The Morgan fingerprint density at radius 1 is 1.12 bits per heavy atom. The van der Waals surface area contributed by atoms with Gasteiger partial charge >= 0.3 is 0 Å². The van der Waals surface area contributed by atoms with E-state index in [1.54, 1.807) is 11.4 Å². The number of thiophene rings is 1. The first-order valence-corrected chi connectivity index (χ1v) is 14.1. The summed E-state index contributed by atoms with van der Waals surface area (Å²) in [7, 11) is -3.71. The molecule has 0 radical (unpaired) electrons. The van der Waals surface area contributed by atoms with Gasteiger partial charge in [0.15, 0.2) is 0 Å². The molecule has 6 rings (SSSR count). The number of carbonyl (C=O) groups is 1. The van der Waals surface area contributed by atoms with Gasteiger partial charge in [0.2, 0.25) is 17.6 Å². The number of nitrogens with zero attached hydrogens (tertiary/aromatic N) is 4. The molecule has 1 saturated carbocycles. The monoisotopic (exact) mass is 498 g/mol. The number of hydrogen-bond donors (Lipinski definition) is 0. The van der Waals surface area contributed by atoms with Crippen LogP contribution in [-0.2, 0) is 21.2 Å². The maximum Gasteiger partial charge on any atom is 0.252 e. The van der Waals surface area contributed by atoms with Crippen molar-refractivity contribution < 1.29 is 17.7 Å². The summed E-state index contributed by atoms with van der Waals surface area (Å²) in [4.78, 5) is 19.6. The van der Waals surface area contributed by atoms with Crippen LogP contribution in [0.15, 0.2) is 44.4 Å². The average molecular weight is 499 g/mol. The molecule has 0 N–H and O–H groups in total. The molecule has 2 aromatic heterocycles. The summed E-state index contributed by atoms with van der Waals surface area (Å²) >= 11 is 1.16. The molecule has 1 aliphatic carbocycles. The van der Waals surface area contributed by atoms with Crippen molar-refractivity contribution in [3.05, 3.63) is 47.2 Å². The number of amides is 1. The first kappa shape index (κ1) is 21.9. The number of carbonyl (C=O) groups excluding carboxylic acids is 1. The van der Waals surface area contributed by atoms with Gasteiger partial charge in [-0.15, -0.1) is 11.3 Å². The summed E-state index contributed by atoms with van der Waals surface area (Å²) in [6.45, 7) is 1.29. The highest BCUT2D eigenvalue weighted by Gasteiger charge is 2.37. The maximum absolute atomic E-state index is 13.4. The number of rotatable bonds is 5. The van der Waals surface area contributed by atoms with E-state index < -0.39 is 10.0 Å². The molecule has 0 spiro atoms. The van der Waals surface area contributed by atoms with Crippen molar-refractivity contribution in [2.45, 2.75) is 48.7 Å². The quantitative estimate of drug-likeness (QED) is 0.526. The van der Waals surface area contributed by atoms with Crippen LogP contribution < -0.4 is 4.90 Å². The van der Waals surface area contributed by atoms with Gasteiger partial charge in [0.25, 0.3) is 10.0 Å². The van der Waals surface area contributed by atoms with Crippen molar-refractivity contribution in [2.24, 2.45) is 5.92 Å². The minimum atomic E-state index is -3.71. The molecule has 3 aromatic rings. The second-order valence-electron chi connectivity index (χ2n) is 9.31. The number of benzene rings is 1. The van der Waals surface area contributed by atoms with E-state index in [1.165, 1.54) is 16.3 Å². The molecule has 1 atom stereocenters. The van der Waals surface area contributed by atoms with E-state index >= 15 is 0 Å². The predicted octanol–water partition coefficient (Wildman–Crippen LogP) is 4.06. The molecule has 1 aromatic carbocycles. The second-order valence-corrected chi connectivity index (χ2v) is 12.4. The third-order valence-electron chi connectivity index (χ3n) is 7.21. The summed E-state index contributed by atoms with van der Waals surface area (Å²) in [6.07, 6.45) is 5.50.